The van der Waals surface area contributed by atoms with Crippen LogP contribution in [0.15, 0.2) is 12.1 Å². The van der Waals surface area contributed by atoms with E-state index in [0.717, 1.165) is 16.9 Å². The van der Waals surface area contributed by atoms with Crippen molar-refractivity contribution >= 4 is 0 Å². The van der Waals surface area contributed by atoms with Gasteiger partial charge in [-0.3, -0.25) is 0 Å². The fourth-order valence-electron chi connectivity index (χ4n) is 1.51. The lowest BCUT2D eigenvalue weighted by Crippen LogP contribution is -2.10. The number of aryl methyl sites for hydroxylation is 1. The van der Waals surface area contributed by atoms with E-state index in [1.165, 1.54) is 0 Å². The maximum absolute atomic E-state index is 8.78. The van der Waals surface area contributed by atoms with Crippen molar-refractivity contribution < 1.29 is 4.74 Å². The summed E-state index contributed by atoms with van der Waals surface area (Å²) >= 11 is 0. The molecule has 1 unspecified atom stereocenters. The Morgan fingerprint density at radius 3 is 3.08 bits per heavy atom. The maximum atomic E-state index is 8.78. The molecule has 0 amide bonds. The molecule has 66 valence electrons. The van der Waals surface area contributed by atoms with Gasteiger partial charge in [-0.25, -0.2) is 0 Å². The Kier molecular flexibility index (Phi) is 1.71. The number of hydrogen-bond acceptors (Lipinski definition) is 3. The molecule has 0 bridgehead atoms. The number of benzene rings is 1. The standard InChI is InChI=1S/C10H10N2O/c1-6-2-8-9(12)5-13-10(8)3-7(6)4-11/h2-3,9H,5,12H2,1H3. The van der Waals surface area contributed by atoms with Crippen LogP contribution in [-0.2, 0) is 0 Å². The molecule has 1 atom stereocenters. The molecule has 2 N–H and O–H groups in total. The molecule has 3 heteroatoms. The van der Waals surface area contributed by atoms with E-state index in [1.807, 2.05) is 13.0 Å². The number of ether oxygens (including phenoxy) is 1. The van der Waals surface area contributed by atoms with Gasteiger partial charge in [-0.05, 0) is 24.6 Å². The average molecular weight is 174 g/mol. The van der Waals surface area contributed by atoms with Crippen LogP contribution in [0.25, 0.3) is 0 Å². The van der Waals surface area contributed by atoms with Gasteiger partial charge in [0.2, 0.25) is 0 Å². The average Bonchev–Trinajstić information content (AvgIpc) is 2.47. The van der Waals surface area contributed by atoms with Gasteiger partial charge in [-0.1, -0.05) is 0 Å². The molecule has 3 nitrogen and oxygen atoms in total. The first-order chi connectivity index (χ1) is 6.22. The van der Waals surface area contributed by atoms with Gasteiger partial charge in [0.1, 0.15) is 12.4 Å². The van der Waals surface area contributed by atoms with Crippen molar-refractivity contribution in [2.75, 3.05) is 6.61 Å². The zero-order valence-corrected chi connectivity index (χ0v) is 7.37. The number of rotatable bonds is 0. The summed E-state index contributed by atoms with van der Waals surface area (Å²) in [6.07, 6.45) is 0. The van der Waals surface area contributed by atoms with Crippen LogP contribution in [0.5, 0.6) is 5.75 Å². The molecule has 0 fully saturated rings. The third kappa shape index (κ3) is 1.16. The summed E-state index contributed by atoms with van der Waals surface area (Å²) in [5.41, 5.74) is 8.43. The van der Waals surface area contributed by atoms with Gasteiger partial charge in [-0.15, -0.1) is 0 Å². The van der Waals surface area contributed by atoms with Gasteiger partial charge >= 0.3 is 0 Å². The first kappa shape index (κ1) is 8.09. The van der Waals surface area contributed by atoms with E-state index < -0.39 is 0 Å². The first-order valence-corrected chi connectivity index (χ1v) is 4.15. The largest absolute Gasteiger partial charge is 0.491 e. The van der Waals surface area contributed by atoms with Gasteiger partial charge in [0.25, 0.3) is 0 Å². The number of nitrogens with zero attached hydrogens (tertiary/aromatic N) is 1. The Bertz CT molecular complexity index is 393. The van der Waals surface area contributed by atoms with Crippen LogP contribution >= 0.6 is 0 Å². The van der Waals surface area contributed by atoms with Crippen LogP contribution in [0.3, 0.4) is 0 Å². The molecule has 1 aliphatic rings. The van der Waals surface area contributed by atoms with Gasteiger partial charge in [0, 0.05) is 5.56 Å². The van der Waals surface area contributed by atoms with E-state index in [-0.39, 0.29) is 6.04 Å². The van der Waals surface area contributed by atoms with Crippen LogP contribution in [-0.4, -0.2) is 6.61 Å². The van der Waals surface area contributed by atoms with Crippen LogP contribution in [0.1, 0.15) is 22.7 Å². The van der Waals surface area contributed by atoms with Crippen molar-refractivity contribution in [3.05, 3.63) is 28.8 Å². The second kappa shape index (κ2) is 2.75. The monoisotopic (exact) mass is 174 g/mol. The molecule has 0 saturated heterocycles. The molecule has 0 saturated carbocycles. The smallest absolute Gasteiger partial charge is 0.125 e. The predicted octanol–water partition coefficient (Wildman–Crippen LogP) is 1.26. The minimum atomic E-state index is -0.0403. The van der Waals surface area contributed by atoms with E-state index in [4.69, 9.17) is 15.7 Å². The molecule has 1 aromatic carbocycles. The number of fused-ring (bicyclic) bond motifs is 1. The van der Waals surface area contributed by atoms with E-state index in [0.29, 0.717) is 12.2 Å². The summed E-state index contributed by atoms with van der Waals surface area (Å²) in [7, 11) is 0. The first-order valence-electron chi connectivity index (χ1n) is 4.15. The summed E-state index contributed by atoms with van der Waals surface area (Å²) in [4.78, 5) is 0. The Hall–Kier alpha value is -1.53. The summed E-state index contributed by atoms with van der Waals surface area (Å²) in [6.45, 7) is 2.42. The zero-order valence-electron chi connectivity index (χ0n) is 7.37. The molecular weight excluding hydrogens is 164 g/mol. The van der Waals surface area contributed by atoms with E-state index >= 15 is 0 Å². The van der Waals surface area contributed by atoms with Gasteiger partial charge in [0.05, 0.1) is 17.7 Å². The molecule has 1 aromatic rings. The number of nitrogens with two attached hydrogens (primary N) is 1. The molecule has 0 aromatic heterocycles. The lowest BCUT2D eigenvalue weighted by atomic mass is 10.0. The summed E-state index contributed by atoms with van der Waals surface area (Å²) in [5.74, 6) is 0.759. The van der Waals surface area contributed by atoms with Gasteiger partial charge < -0.3 is 10.5 Å². The quantitative estimate of drug-likeness (QED) is 0.644. The fourth-order valence-corrected chi connectivity index (χ4v) is 1.51. The SMILES string of the molecule is Cc1cc2c(cc1C#N)OCC2N. The predicted molar refractivity (Wildman–Crippen MR) is 48.3 cm³/mol. The molecule has 2 rings (SSSR count). The van der Waals surface area contributed by atoms with Crippen LogP contribution in [0.4, 0.5) is 0 Å². The van der Waals surface area contributed by atoms with Gasteiger partial charge in [-0.2, -0.15) is 5.26 Å². The van der Waals surface area contributed by atoms with Crippen molar-refractivity contribution in [3.63, 3.8) is 0 Å². The van der Waals surface area contributed by atoms with Crippen molar-refractivity contribution in [3.8, 4) is 11.8 Å². The fraction of sp³-hybridized carbons (Fsp3) is 0.300. The molecule has 0 aliphatic carbocycles. The molecule has 0 radical (unpaired) electrons. The number of nitriles is 1. The van der Waals surface area contributed by atoms with E-state index in [1.54, 1.807) is 6.07 Å². The van der Waals surface area contributed by atoms with Crippen LogP contribution < -0.4 is 10.5 Å². The van der Waals surface area contributed by atoms with Crippen LogP contribution in [0, 0.1) is 18.3 Å². The zero-order chi connectivity index (χ0) is 9.42. The second-order valence-electron chi connectivity index (χ2n) is 3.23. The molecule has 0 spiro atoms. The Morgan fingerprint density at radius 2 is 2.38 bits per heavy atom. The highest BCUT2D eigenvalue weighted by Crippen LogP contribution is 2.32. The maximum Gasteiger partial charge on any atom is 0.125 e. The van der Waals surface area contributed by atoms with E-state index in [2.05, 4.69) is 6.07 Å². The summed E-state index contributed by atoms with van der Waals surface area (Å²) in [5, 5.41) is 8.78. The third-order valence-corrected chi connectivity index (χ3v) is 2.30. The van der Waals surface area contributed by atoms with Crippen molar-refractivity contribution in [1.29, 1.82) is 5.26 Å². The Labute approximate surface area is 76.7 Å². The number of hydrogen-bond donors (Lipinski definition) is 1. The molecule has 1 heterocycles. The molecule has 13 heavy (non-hydrogen) atoms. The van der Waals surface area contributed by atoms with Crippen molar-refractivity contribution in [2.24, 2.45) is 5.73 Å². The summed E-state index contributed by atoms with van der Waals surface area (Å²) < 4.78 is 5.33. The topological polar surface area (TPSA) is 59.0 Å². The Morgan fingerprint density at radius 1 is 1.62 bits per heavy atom. The van der Waals surface area contributed by atoms with Gasteiger partial charge in [0.15, 0.2) is 0 Å². The minimum absolute atomic E-state index is 0.0403. The third-order valence-electron chi connectivity index (χ3n) is 2.30. The lowest BCUT2D eigenvalue weighted by molar-refractivity contribution is 0.333. The molecular formula is C10H10N2O. The summed E-state index contributed by atoms with van der Waals surface area (Å²) in [6, 6.07) is 5.78. The highest BCUT2D eigenvalue weighted by Gasteiger charge is 2.21. The highest BCUT2D eigenvalue weighted by molar-refractivity contribution is 5.50. The highest BCUT2D eigenvalue weighted by atomic mass is 16.5. The lowest BCUT2D eigenvalue weighted by Gasteiger charge is -2.03. The van der Waals surface area contributed by atoms with E-state index in [9.17, 15) is 0 Å². The van der Waals surface area contributed by atoms with Crippen LogP contribution in [0.2, 0.25) is 0 Å². The second-order valence-corrected chi connectivity index (χ2v) is 3.23. The Balaban J connectivity index is 2.58. The normalized spacial score (nSPS) is 19.0. The molecule has 1 aliphatic heterocycles. The van der Waals surface area contributed by atoms with Crippen molar-refractivity contribution in [2.45, 2.75) is 13.0 Å². The van der Waals surface area contributed by atoms with Crippen molar-refractivity contribution in [1.82, 2.24) is 0 Å². The minimum Gasteiger partial charge on any atom is -0.491 e.